The van der Waals surface area contributed by atoms with Gasteiger partial charge in [-0.3, -0.25) is 4.79 Å². The van der Waals surface area contributed by atoms with Gasteiger partial charge < -0.3 is 4.74 Å². The highest BCUT2D eigenvalue weighted by molar-refractivity contribution is 7.08. The van der Waals surface area contributed by atoms with Crippen molar-refractivity contribution in [1.82, 2.24) is 5.43 Å². The van der Waals surface area contributed by atoms with Crippen LogP contribution in [0.1, 0.15) is 16.7 Å². The van der Waals surface area contributed by atoms with E-state index in [0.29, 0.717) is 5.75 Å². The van der Waals surface area contributed by atoms with Crippen molar-refractivity contribution < 1.29 is 9.53 Å². The molecule has 104 valence electrons. The van der Waals surface area contributed by atoms with Crippen LogP contribution in [0.5, 0.6) is 5.75 Å². The normalized spacial score (nSPS) is 10.7. The third-order valence-corrected chi connectivity index (χ3v) is 3.34. The Morgan fingerprint density at radius 2 is 2.25 bits per heavy atom. The molecule has 4 nitrogen and oxygen atoms in total. The van der Waals surface area contributed by atoms with Crippen LogP contribution in [0.15, 0.2) is 40.1 Å². The second-order valence-corrected chi connectivity index (χ2v) is 5.19. The molecule has 5 heteroatoms. The van der Waals surface area contributed by atoms with Gasteiger partial charge in [0.25, 0.3) is 5.91 Å². The van der Waals surface area contributed by atoms with Crippen LogP contribution in [0.4, 0.5) is 0 Å². The number of amides is 1. The molecule has 0 saturated carbocycles. The Kier molecular flexibility index (Phi) is 4.90. The Morgan fingerprint density at radius 1 is 1.40 bits per heavy atom. The van der Waals surface area contributed by atoms with Crippen LogP contribution in [0.3, 0.4) is 0 Å². The highest BCUT2D eigenvalue weighted by atomic mass is 32.1. The van der Waals surface area contributed by atoms with Gasteiger partial charge in [-0.15, -0.1) is 0 Å². The summed E-state index contributed by atoms with van der Waals surface area (Å²) in [5, 5.41) is 7.76. The fourth-order valence-corrected chi connectivity index (χ4v) is 2.27. The molecule has 0 saturated heterocycles. The van der Waals surface area contributed by atoms with Gasteiger partial charge in [0.05, 0.1) is 6.21 Å². The minimum absolute atomic E-state index is 0.0507. The Morgan fingerprint density at radius 3 is 2.95 bits per heavy atom. The molecule has 1 aromatic heterocycles. The van der Waals surface area contributed by atoms with Crippen LogP contribution < -0.4 is 10.2 Å². The summed E-state index contributed by atoms with van der Waals surface area (Å²) in [4.78, 5) is 11.6. The second kappa shape index (κ2) is 6.86. The van der Waals surface area contributed by atoms with Gasteiger partial charge in [0, 0.05) is 5.56 Å². The van der Waals surface area contributed by atoms with Crippen molar-refractivity contribution in [2.75, 3.05) is 6.61 Å². The van der Waals surface area contributed by atoms with Crippen molar-refractivity contribution in [3.63, 3.8) is 0 Å². The summed E-state index contributed by atoms with van der Waals surface area (Å²) in [5.74, 6) is 0.434. The lowest BCUT2D eigenvalue weighted by molar-refractivity contribution is -0.123. The van der Waals surface area contributed by atoms with E-state index >= 15 is 0 Å². The van der Waals surface area contributed by atoms with Gasteiger partial charge in [-0.25, -0.2) is 5.43 Å². The van der Waals surface area contributed by atoms with Gasteiger partial charge in [-0.05, 0) is 42.3 Å². The number of nitrogens with zero attached hydrogens (tertiary/aromatic N) is 1. The van der Waals surface area contributed by atoms with Crippen LogP contribution in [0, 0.1) is 13.8 Å². The fraction of sp³-hybridized carbons (Fsp3) is 0.200. The first-order chi connectivity index (χ1) is 9.65. The first kappa shape index (κ1) is 14.3. The smallest absolute Gasteiger partial charge is 0.277 e. The van der Waals surface area contributed by atoms with E-state index in [1.165, 1.54) is 5.56 Å². The lowest BCUT2D eigenvalue weighted by atomic mass is 10.1. The third-order valence-electron chi connectivity index (χ3n) is 2.64. The molecule has 1 heterocycles. The van der Waals surface area contributed by atoms with E-state index in [1.54, 1.807) is 17.6 Å². The first-order valence-electron chi connectivity index (χ1n) is 6.19. The minimum atomic E-state index is -0.281. The van der Waals surface area contributed by atoms with Crippen molar-refractivity contribution in [2.24, 2.45) is 5.10 Å². The van der Waals surface area contributed by atoms with Gasteiger partial charge in [0.2, 0.25) is 0 Å². The van der Waals surface area contributed by atoms with Gasteiger partial charge in [-0.1, -0.05) is 17.7 Å². The predicted octanol–water partition coefficient (Wildman–Crippen LogP) is 2.89. The molecule has 0 aliphatic heterocycles. The summed E-state index contributed by atoms with van der Waals surface area (Å²) < 4.78 is 5.46. The zero-order chi connectivity index (χ0) is 14.4. The van der Waals surface area contributed by atoms with E-state index in [-0.39, 0.29) is 12.5 Å². The number of benzene rings is 1. The van der Waals surface area contributed by atoms with Crippen LogP contribution in [0.2, 0.25) is 0 Å². The van der Waals surface area contributed by atoms with E-state index in [1.807, 2.05) is 48.9 Å². The molecule has 0 bridgehead atoms. The van der Waals surface area contributed by atoms with Gasteiger partial charge in [0.15, 0.2) is 6.61 Å². The maximum atomic E-state index is 11.6. The largest absolute Gasteiger partial charge is 0.483 e. The molecule has 0 aliphatic rings. The number of rotatable bonds is 5. The molecular formula is C15H16N2O2S. The maximum Gasteiger partial charge on any atom is 0.277 e. The first-order valence-corrected chi connectivity index (χ1v) is 7.13. The fourth-order valence-electron chi connectivity index (χ4n) is 1.66. The zero-order valence-corrected chi connectivity index (χ0v) is 12.2. The number of nitrogens with one attached hydrogen (secondary N) is 1. The molecule has 0 fully saturated rings. The number of thiophene rings is 1. The molecule has 20 heavy (non-hydrogen) atoms. The third kappa shape index (κ3) is 4.20. The summed E-state index contributed by atoms with van der Waals surface area (Å²) in [6.07, 6.45) is 1.60. The Labute approximate surface area is 122 Å². The highest BCUT2D eigenvalue weighted by Crippen LogP contribution is 2.18. The van der Waals surface area contributed by atoms with Crippen LogP contribution in [-0.2, 0) is 4.79 Å². The lowest BCUT2D eigenvalue weighted by Crippen LogP contribution is -2.24. The van der Waals surface area contributed by atoms with E-state index in [2.05, 4.69) is 10.5 Å². The van der Waals surface area contributed by atoms with Crippen molar-refractivity contribution in [2.45, 2.75) is 13.8 Å². The minimum Gasteiger partial charge on any atom is -0.483 e. The summed E-state index contributed by atoms with van der Waals surface area (Å²) in [7, 11) is 0. The van der Waals surface area contributed by atoms with E-state index in [9.17, 15) is 4.79 Å². The van der Waals surface area contributed by atoms with Crippen molar-refractivity contribution in [1.29, 1.82) is 0 Å². The van der Waals surface area contributed by atoms with Gasteiger partial charge >= 0.3 is 0 Å². The molecule has 2 aromatic rings. The van der Waals surface area contributed by atoms with Crippen molar-refractivity contribution in [3.05, 3.63) is 51.7 Å². The number of carbonyl (C=O) groups is 1. The molecule has 2 rings (SSSR count). The molecule has 0 aliphatic carbocycles. The topological polar surface area (TPSA) is 50.7 Å². The summed E-state index contributed by atoms with van der Waals surface area (Å²) in [6, 6.07) is 7.76. The van der Waals surface area contributed by atoms with Gasteiger partial charge in [-0.2, -0.15) is 16.4 Å². The number of ether oxygens (including phenoxy) is 1. The Bertz CT molecular complexity index is 606. The molecule has 1 amide bonds. The number of hydrogen-bond acceptors (Lipinski definition) is 4. The molecule has 0 spiro atoms. The maximum absolute atomic E-state index is 11.6. The summed E-state index contributed by atoms with van der Waals surface area (Å²) in [5.41, 5.74) is 5.58. The molecule has 0 atom stereocenters. The number of carbonyl (C=O) groups excluding carboxylic acids is 1. The molecular weight excluding hydrogens is 272 g/mol. The standard InChI is InChI=1S/C15H16N2O2S/c1-11-3-4-14(12(2)7-11)19-9-15(18)17-16-8-13-5-6-20-10-13/h3-8,10H,9H2,1-2H3,(H,17,18)/b16-8+. The average Bonchev–Trinajstić information content (AvgIpc) is 2.91. The van der Waals surface area contributed by atoms with Gasteiger partial charge in [0.1, 0.15) is 5.75 Å². The molecule has 0 radical (unpaired) electrons. The number of aryl methyl sites for hydroxylation is 2. The zero-order valence-electron chi connectivity index (χ0n) is 11.4. The van der Waals surface area contributed by atoms with E-state index in [0.717, 1.165) is 11.1 Å². The molecule has 1 N–H and O–H groups in total. The monoisotopic (exact) mass is 288 g/mol. The van der Waals surface area contributed by atoms with Crippen LogP contribution >= 0.6 is 11.3 Å². The number of hydrogen-bond donors (Lipinski definition) is 1. The second-order valence-electron chi connectivity index (χ2n) is 4.41. The Balaban J connectivity index is 1.80. The van der Waals surface area contributed by atoms with Crippen LogP contribution in [-0.4, -0.2) is 18.7 Å². The Hall–Kier alpha value is -2.14. The molecule has 0 unspecified atom stereocenters. The van der Waals surface area contributed by atoms with E-state index < -0.39 is 0 Å². The SMILES string of the molecule is Cc1ccc(OCC(=O)N/N=C/c2ccsc2)c(C)c1. The van der Waals surface area contributed by atoms with Crippen molar-refractivity contribution in [3.8, 4) is 5.75 Å². The summed E-state index contributed by atoms with van der Waals surface area (Å²) in [6.45, 7) is 3.92. The quantitative estimate of drug-likeness (QED) is 0.679. The molecule has 1 aromatic carbocycles. The van der Waals surface area contributed by atoms with Crippen molar-refractivity contribution >= 4 is 23.5 Å². The summed E-state index contributed by atoms with van der Waals surface area (Å²) >= 11 is 1.58. The average molecular weight is 288 g/mol. The predicted molar refractivity (Wildman–Crippen MR) is 81.5 cm³/mol. The number of hydrazone groups is 1. The van der Waals surface area contributed by atoms with E-state index in [4.69, 9.17) is 4.74 Å². The highest BCUT2D eigenvalue weighted by Gasteiger charge is 2.03. The lowest BCUT2D eigenvalue weighted by Gasteiger charge is -2.08. The van der Waals surface area contributed by atoms with Crippen LogP contribution in [0.25, 0.3) is 0 Å².